The maximum atomic E-state index is 10.3. The molecule has 0 aliphatic heterocycles. The second-order valence-electron chi connectivity index (χ2n) is 4.56. The maximum absolute atomic E-state index is 10.3. The fourth-order valence-electron chi connectivity index (χ4n) is 2.23. The van der Waals surface area contributed by atoms with Crippen LogP contribution in [-0.2, 0) is 6.42 Å². The number of aliphatic hydroxyl groups is 1. The van der Waals surface area contributed by atoms with Gasteiger partial charge in [-0.2, -0.15) is 0 Å². The Morgan fingerprint density at radius 2 is 2.27 bits per heavy atom. The molecule has 1 atom stereocenters. The molecule has 0 bridgehead atoms. The second kappa shape index (κ2) is 4.19. The molecule has 80 valence electrons. The van der Waals surface area contributed by atoms with Crippen LogP contribution in [-0.4, -0.2) is 10.7 Å². The molecule has 0 heterocycles. The molecule has 1 nitrogen and oxygen atoms in total. The van der Waals surface area contributed by atoms with Crippen LogP contribution in [0.25, 0.3) is 0 Å². The van der Waals surface area contributed by atoms with Gasteiger partial charge in [-0.15, -0.1) is 0 Å². The zero-order chi connectivity index (χ0) is 10.7. The molecular weight excluding hydrogens is 184 g/mol. The van der Waals surface area contributed by atoms with Crippen LogP contribution in [0.5, 0.6) is 0 Å². The predicted octanol–water partition coefficient (Wildman–Crippen LogP) is 3.01. The summed E-state index contributed by atoms with van der Waals surface area (Å²) >= 11 is 0. The zero-order valence-electron chi connectivity index (χ0n) is 9.24. The summed E-state index contributed by atoms with van der Waals surface area (Å²) in [4.78, 5) is 0. The first-order valence-electron chi connectivity index (χ1n) is 5.64. The van der Waals surface area contributed by atoms with Crippen LogP contribution in [0.2, 0.25) is 0 Å². The Hall–Kier alpha value is -1.08. The lowest BCUT2D eigenvalue weighted by atomic mass is 9.85. The summed E-state index contributed by atoms with van der Waals surface area (Å²) in [7, 11) is 0. The summed E-state index contributed by atoms with van der Waals surface area (Å²) in [5, 5.41) is 10.3. The molecule has 1 aromatic rings. The molecule has 1 N–H and O–H groups in total. The quantitative estimate of drug-likeness (QED) is 0.731. The summed E-state index contributed by atoms with van der Waals surface area (Å²) in [5.74, 6) is 0. The maximum Gasteiger partial charge on any atom is 0.0868 e. The van der Waals surface area contributed by atoms with E-state index < -0.39 is 5.60 Å². The van der Waals surface area contributed by atoms with E-state index in [1.165, 1.54) is 11.1 Å². The van der Waals surface area contributed by atoms with Crippen molar-refractivity contribution in [3.05, 3.63) is 47.5 Å². The molecule has 2 rings (SSSR count). The van der Waals surface area contributed by atoms with Gasteiger partial charge in [0.2, 0.25) is 0 Å². The largest absolute Gasteiger partial charge is 0.385 e. The van der Waals surface area contributed by atoms with Crippen LogP contribution in [0.3, 0.4) is 0 Å². The molecule has 1 aromatic carbocycles. The van der Waals surface area contributed by atoms with E-state index in [0.717, 1.165) is 25.7 Å². The highest BCUT2D eigenvalue weighted by Gasteiger charge is 2.25. The van der Waals surface area contributed by atoms with Crippen molar-refractivity contribution in [2.75, 3.05) is 0 Å². The minimum absolute atomic E-state index is 0.605. The lowest BCUT2D eigenvalue weighted by Gasteiger charge is -2.27. The van der Waals surface area contributed by atoms with Gasteiger partial charge >= 0.3 is 0 Å². The normalized spacial score (nSPS) is 25.5. The highest BCUT2D eigenvalue weighted by Crippen LogP contribution is 2.26. The van der Waals surface area contributed by atoms with Gasteiger partial charge in [-0.05, 0) is 31.7 Å². The average Bonchev–Trinajstić information content (AvgIpc) is 2.18. The van der Waals surface area contributed by atoms with E-state index in [9.17, 15) is 5.11 Å². The van der Waals surface area contributed by atoms with E-state index >= 15 is 0 Å². The number of aryl methyl sites for hydroxylation is 1. The van der Waals surface area contributed by atoms with E-state index in [-0.39, 0.29) is 0 Å². The molecule has 1 aliphatic carbocycles. The summed E-state index contributed by atoms with van der Waals surface area (Å²) in [6.07, 6.45) is 7.90. The third-order valence-corrected chi connectivity index (χ3v) is 3.00. The van der Waals surface area contributed by atoms with Crippen LogP contribution in [0.15, 0.2) is 36.4 Å². The van der Waals surface area contributed by atoms with E-state index in [1.807, 2.05) is 6.08 Å². The van der Waals surface area contributed by atoms with Crippen molar-refractivity contribution < 1.29 is 5.11 Å². The van der Waals surface area contributed by atoms with Gasteiger partial charge in [0.25, 0.3) is 0 Å². The fraction of sp³-hybridized carbons (Fsp3) is 0.429. The van der Waals surface area contributed by atoms with Gasteiger partial charge in [-0.1, -0.05) is 42.0 Å². The monoisotopic (exact) mass is 202 g/mol. The van der Waals surface area contributed by atoms with Crippen molar-refractivity contribution in [3.63, 3.8) is 0 Å². The summed E-state index contributed by atoms with van der Waals surface area (Å²) < 4.78 is 0. The number of hydrogen-bond donors (Lipinski definition) is 1. The van der Waals surface area contributed by atoms with E-state index in [1.54, 1.807) is 0 Å². The fourth-order valence-corrected chi connectivity index (χ4v) is 2.23. The molecule has 1 aliphatic rings. The van der Waals surface area contributed by atoms with Gasteiger partial charge in [0.05, 0.1) is 5.60 Å². The van der Waals surface area contributed by atoms with Crippen molar-refractivity contribution >= 4 is 0 Å². The zero-order valence-corrected chi connectivity index (χ0v) is 9.24. The van der Waals surface area contributed by atoms with Crippen LogP contribution in [0.4, 0.5) is 0 Å². The molecule has 0 fully saturated rings. The first-order valence-corrected chi connectivity index (χ1v) is 5.64. The molecule has 0 spiro atoms. The molecule has 1 heteroatoms. The summed E-state index contributed by atoms with van der Waals surface area (Å²) in [6.45, 7) is 2.09. The van der Waals surface area contributed by atoms with Crippen LogP contribution in [0.1, 0.15) is 30.4 Å². The van der Waals surface area contributed by atoms with Gasteiger partial charge in [0.1, 0.15) is 0 Å². The minimum Gasteiger partial charge on any atom is -0.385 e. The van der Waals surface area contributed by atoms with Crippen LogP contribution in [0, 0.1) is 6.92 Å². The third-order valence-electron chi connectivity index (χ3n) is 3.00. The number of benzene rings is 1. The predicted molar refractivity (Wildman–Crippen MR) is 62.8 cm³/mol. The van der Waals surface area contributed by atoms with Crippen LogP contribution < -0.4 is 0 Å². The molecule has 0 amide bonds. The Bertz CT molecular complexity index is 367. The van der Waals surface area contributed by atoms with Crippen molar-refractivity contribution in [1.29, 1.82) is 0 Å². The Morgan fingerprint density at radius 3 is 2.93 bits per heavy atom. The van der Waals surface area contributed by atoms with E-state index in [0.29, 0.717) is 0 Å². The van der Waals surface area contributed by atoms with Crippen molar-refractivity contribution in [2.45, 2.75) is 38.2 Å². The highest BCUT2D eigenvalue weighted by molar-refractivity contribution is 5.25. The van der Waals surface area contributed by atoms with Gasteiger partial charge < -0.3 is 5.11 Å². The average molecular weight is 202 g/mol. The molecule has 15 heavy (non-hydrogen) atoms. The Kier molecular flexibility index (Phi) is 2.92. The minimum atomic E-state index is -0.605. The first-order chi connectivity index (χ1) is 7.18. The van der Waals surface area contributed by atoms with Gasteiger partial charge in [0, 0.05) is 6.42 Å². The van der Waals surface area contributed by atoms with Gasteiger partial charge in [-0.3, -0.25) is 0 Å². The van der Waals surface area contributed by atoms with Crippen LogP contribution >= 0.6 is 0 Å². The molecule has 0 radical (unpaired) electrons. The summed E-state index contributed by atoms with van der Waals surface area (Å²) in [5.41, 5.74) is 1.88. The van der Waals surface area contributed by atoms with Crippen molar-refractivity contribution in [2.24, 2.45) is 0 Å². The highest BCUT2D eigenvalue weighted by atomic mass is 16.3. The molecule has 0 saturated heterocycles. The molecular formula is C14H18O. The van der Waals surface area contributed by atoms with E-state index in [2.05, 4.69) is 37.3 Å². The molecule has 1 unspecified atom stereocenters. The van der Waals surface area contributed by atoms with Crippen molar-refractivity contribution in [1.82, 2.24) is 0 Å². The lowest BCUT2D eigenvalue weighted by Crippen LogP contribution is -2.30. The smallest absolute Gasteiger partial charge is 0.0868 e. The Balaban J connectivity index is 2.14. The Morgan fingerprint density at radius 1 is 1.40 bits per heavy atom. The number of rotatable bonds is 2. The summed E-state index contributed by atoms with van der Waals surface area (Å²) in [6, 6.07) is 8.39. The SMILES string of the molecule is Cc1cccc(CC2(O)C=CCCC2)c1. The standard InChI is InChI=1S/C14H18O/c1-12-6-5-7-13(10-12)11-14(15)8-3-2-4-9-14/h3,5-8,10,15H,2,4,9,11H2,1H3. The Labute approximate surface area is 91.4 Å². The molecule has 0 saturated carbocycles. The number of hydrogen-bond acceptors (Lipinski definition) is 1. The second-order valence-corrected chi connectivity index (χ2v) is 4.56. The molecule has 0 aromatic heterocycles. The van der Waals surface area contributed by atoms with E-state index in [4.69, 9.17) is 0 Å². The number of allylic oxidation sites excluding steroid dienone is 1. The third kappa shape index (κ3) is 2.69. The van der Waals surface area contributed by atoms with Gasteiger partial charge in [0.15, 0.2) is 0 Å². The van der Waals surface area contributed by atoms with Gasteiger partial charge in [-0.25, -0.2) is 0 Å². The first kappa shape index (κ1) is 10.4. The lowest BCUT2D eigenvalue weighted by molar-refractivity contribution is 0.0751. The topological polar surface area (TPSA) is 20.2 Å². The van der Waals surface area contributed by atoms with Crippen molar-refractivity contribution in [3.8, 4) is 0 Å².